The third-order valence-electron chi connectivity index (χ3n) is 6.51. The molecule has 166 valence electrons. The zero-order chi connectivity index (χ0) is 21.1. The third kappa shape index (κ3) is 6.45. The summed E-state index contributed by atoms with van der Waals surface area (Å²) in [5, 5.41) is 0. The van der Waals surface area contributed by atoms with E-state index in [-0.39, 0.29) is 29.9 Å². The normalized spacial score (nSPS) is 24.9. The van der Waals surface area contributed by atoms with E-state index in [2.05, 4.69) is 4.74 Å². The number of hydrogen-bond acceptors (Lipinski definition) is 6. The van der Waals surface area contributed by atoms with Gasteiger partial charge in [-0.2, -0.15) is 0 Å². The van der Waals surface area contributed by atoms with E-state index in [9.17, 15) is 14.4 Å². The highest BCUT2D eigenvalue weighted by Gasteiger charge is 2.60. The minimum atomic E-state index is -1.07. The summed E-state index contributed by atoms with van der Waals surface area (Å²) in [6.07, 6.45) is 12.9. The Balaban J connectivity index is 1.76. The number of ether oxygens (including phenoxy) is 3. The van der Waals surface area contributed by atoms with Crippen LogP contribution in [0.5, 0.6) is 0 Å². The van der Waals surface area contributed by atoms with Crippen molar-refractivity contribution < 1.29 is 28.6 Å². The Kier molecular flexibility index (Phi) is 9.95. The second kappa shape index (κ2) is 12.2. The fourth-order valence-electron chi connectivity index (χ4n) is 4.87. The summed E-state index contributed by atoms with van der Waals surface area (Å²) >= 11 is 0. The van der Waals surface area contributed by atoms with Crippen LogP contribution in [0.2, 0.25) is 0 Å². The number of carbonyl (C=O) groups is 3. The predicted molar refractivity (Wildman–Crippen MR) is 109 cm³/mol. The first-order valence-electron chi connectivity index (χ1n) is 11.5. The van der Waals surface area contributed by atoms with Gasteiger partial charge in [0.05, 0.1) is 13.7 Å². The molecule has 6 heteroatoms. The summed E-state index contributed by atoms with van der Waals surface area (Å²) in [5.41, 5.74) is -1.07. The molecule has 0 unspecified atom stereocenters. The van der Waals surface area contributed by atoms with E-state index in [1.54, 1.807) is 6.92 Å². The van der Waals surface area contributed by atoms with Gasteiger partial charge in [0.15, 0.2) is 5.41 Å². The second-order valence-corrected chi connectivity index (χ2v) is 8.49. The van der Waals surface area contributed by atoms with Crippen LogP contribution in [0, 0.1) is 11.3 Å². The molecular formula is C23H38O6. The lowest BCUT2D eigenvalue weighted by Crippen LogP contribution is -2.45. The van der Waals surface area contributed by atoms with Crippen molar-refractivity contribution in [3.8, 4) is 0 Å². The maximum Gasteiger partial charge on any atom is 0.324 e. The maximum absolute atomic E-state index is 12.8. The van der Waals surface area contributed by atoms with Crippen LogP contribution in [-0.4, -0.2) is 37.7 Å². The topological polar surface area (TPSA) is 78.9 Å². The lowest BCUT2D eigenvalue weighted by atomic mass is 9.67. The predicted octanol–water partition coefficient (Wildman–Crippen LogP) is 4.73. The van der Waals surface area contributed by atoms with Gasteiger partial charge in [0.25, 0.3) is 0 Å². The molecule has 2 atom stereocenters. The third-order valence-corrected chi connectivity index (χ3v) is 6.51. The second-order valence-electron chi connectivity index (χ2n) is 8.49. The zero-order valence-corrected chi connectivity index (χ0v) is 18.2. The SMILES string of the molecule is CCOC(=O)[C@]1(C2CCCCC2)C[C@@H](CCCCCCCCC(=O)OC)OC1=O. The van der Waals surface area contributed by atoms with Crippen molar-refractivity contribution in [2.75, 3.05) is 13.7 Å². The van der Waals surface area contributed by atoms with E-state index in [0.29, 0.717) is 19.4 Å². The molecule has 2 fully saturated rings. The number of esters is 3. The standard InChI is InChI=1S/C23H38O6/c1-3-28-21(25)23(18-13-9-8-10-14-18)17-19(29-22(23)26)15-11-6-4-5-7-12-16-20(24)27-2/h18-19H,3-17H2,1-2H3/t19-,23-/m1/s1. The van der Waals surface area contributed by atoms with Crippen LogP contribution < -0.4 is 0 Å². The van der Waals surface area contributed by atoms with Crippen LogP contribution in [0.1, 0.15) is 96.8 Å². The molecule has 2 rings (SSSR count). The van der Waals surface area contributed by atoms with Gasteiger partial charge in [-0.1, -0.05) is 44.9 Å². The first-order chi connectivity index (χ1) is 14.0. The van der Waals surface area contributed by atoms with Crippen molar-refractivity contribution in [1.29, 1.82) is 0 Å². The Labute approximate surface area is 175 Å². The summed E-state index contributed by atoms with van der Waals surface area (Å²) in [7, 11) is 1.42. The molecule has 0 N–H and O–H groups in total. The Morgan fingerprint density at radius 1 is 1.03 bits per heavy atom. The van der Waals surface area contributed by atoms with E-state index < -0.39 is 5.41 Å². The average molecular weight is 411 g/mol. The molecule has 0 bridgehead atoms. The van der Waals surface area contributed by atoms with Crippen molar-refractivity contribution in [3.63, 3.8) is 0 Å². The molecule has 0 aromatic carbocycles. The molecule has 1 aliphatic heterocycles. The Morgan fingerprint density at radius 2 is 1.69 bits per heavy atom. The molecule has 2 aliphatic rings. The molecule has 29 heavy (non-hydrogen) atoms. The lowest BCUT2D eigenvalue weighted by Gasteiger charge is -2.34. The van der Waals surface area contributed by atoms with Gasteiger partial charge in [-0.15, -0.1) is 0 Å². The number of hydrogen-bond donors (Lipinski definition) is 0. The number of rotatable bonds is 12. The van der Waals surface area contributed by atoms with Crippen molar-refractivity contribution in [3.05, 3.63) is 0 Å². The van der Waals surface area contributed by atoms with Gasteiger partial charge >= 0.3 is 17.9 Å². The van der Waals surface area contributed by atoms with Crippen molar-refractivity contribution in [2.45, 2.75) is 103 Å². The van der Waals surface area contributed by atoms with Gasteiger partial charge in [-0.25, -0.2) is 0 Å². The number of unbranched alkanes of at least 4 members (excludes halogenated alkanes) is 5. The van der Waals surface area contributed by atoms with Gasteiger partial charge < -0.3 is 14.2 Å². The highest BCUT2D eigenvalue weighted by molar-refractivity contribution is 6.01. The summed E-state index contributed by atoms with van der Waals surface area (Å²) in [4.78, 5) is 36.7. The molecule has 0 amide bonds. The summed E-state index contributed by atoms with van der Waals surface area (Å²) < 4.78 is 15.7. The average Bonchev–Trinajstić information content (AvgIpc) is 3.07. The fourth-order valence-corrected chi connectivity index (χ4v) is 4.87. The molecule has 0 aromatic rings. The van der Waals surface area contributed by atoms with Crippen molar-refractivity contribution >= 4 is 17.9 Å². The van der Waals surface area contributed by atoms with Crippen molar-refractivity contribution in [2.24, 2.45) is 11.3 Å². The van der Waals surface area contributed by atoms with Gasteiger partial charge in [0.1, 0.15) is 6.10 Å². The molecule has 1 heterocycles. The van der Waals surface area contributed by atoms with E-state index in [1.165, 1.54) is 13.5 Å². The summed E-state index contributed by atoms with van der Waals surface area (Å²) in [6, 6.07) is 0. The molecule has 1 saturated carbocycles. The van der Waals surface area contributed by atoms with E-state index in [4.69, 9.17) is 9.47 Å². The Hall–Kier alpha value is -1.59. The van der Waals surface area contributed by atoms with Gasteiger partial charge in [0, 0.05) is 12.8 Å². The van der Waals surface area contributed by atoms with Crippen LogP contribution in [0.3, 0.4) is 0 Å². The molecule has 0 aromatic heterocycles. The van der Waals surface area contributed by atoms with Crippen LogP contribution in [0.4, 0.5) is 0 Å². The van der Waals surface area contributed by atoms with Crippen LogP contribution in [0.15, 0.2) is 0 Å². The molecule has 0 radical (unpaired) electrons. The van der Waals surface area contributed by atoms with Gasteiger partial charge in [-0.05, 0) is 44.9 Å². The Morgan fingerprint density at radius 3 is 2.34 bits per heavy atom. The maximum atomic E-state index is 12.8. The first-order valence-corrected chi connectivity index (χ1v) is 11.5. The summed E-state index contributed by atoms with van der Waals surface area (Å²) in [5.74, 6) is -0.806. The Bertz CT molecular complexity index is 539. The number of cyclic esters (lactones) is 1. The van der Waals surface area contributed by atoms with Crippen LogP contribution in [-0.2, 0) is 28.6 Å². The van der Waals surface area contributed by atoms with E-state index in [1.807, 2.05) is 0 Å². The molecule has 0 spiro atoms. The van der Waals surface area contributed by atoms with E-state index in [0.717, 1.165) is 70.6 Å². The largest absolute Gasteiger partial charge is 0.469 e. The fraction of sp³-hybridized carbons (Fsp3) is 0.870. The zero-order valence-electron chi connectivity index (χ0n) is 18.2. The highest BCUT2D eigenvalue weighted by atomic mass is 16.6. The van der Waals surface area contributed by atoms with Gasteiger partial charge in [-0.3, -0.25) is 14.4 Å². The summed E-state index contributed by atoms with van der Waals surface area (Å²) in [6.45, 7) is 2.08. The lowest BCUT2D eigenvalue weighted by molar-refractivity contribution is -0.170. The van der Waals surface area contributed by atoms with Crippen molar-refractivity contribution in [1.82, 2.24) is 0 Å². The molecule has 1 aliphatic carbocycles. The highest BCUT2D eigenvalue weighted by Crippen LogP contribution is 2.48. The van der Waals surface area contributed by atoms with Crippen LogP contribution >= 0.6 is 0 Å². The van der Waals surface area contributed by atoms with E-state index >= 15 is 0 Å². The number of carbonyl (C=O) groups excluding carboxylic acids is 3. The quantitative estimate of drug-likeness (QED) is 0.200. The molecule has 1 saturated heterocycles. The first kappa shape index (κ1) is 23.7. The number of methoxy groups -OCH3 is 1. The van der Waals surface area contributed by atoms with Gasteiger partial charge in [0.2, 0.25) is 0 Å². The molecule has 6 nitrogen and oxygen atoms in total. The smallest absolute Gasteiger partial charge is 0.324 e. The van der Waals surface area contributed by atoms with Crippen LogP contribution in [0.25, 0.3) is 0 Å². The minimum Gasteiger partial charge on any atom is -0.469 e. The monoisotopic (exact) mass is 410 g/mol. The minimum absolute atomic E-state index is 0.0580. The molecular weight excluding hydrogens is 372 g/mol.